The van der Waals surface area contributed by atoms with Crippen LogP contribution >= 0.6 is 0 Å². The molecule has 4 heterocycles. The normalized spacial score (nSPS) is 15.6. The Bertz CT molecular complexity index is 956. The van der Waals surface area contributed by atoms with E-state index < -0.39 is 17.9 Å². The second kappa shape index (κ2) is 5.16. The number of halogens is 3. The molecule has 1 fully saturated rings. The highest BCUT2D eigenvalue weighted by molar-refractivity contribution is 5.92. The number of hydrogen-bond acceptors (Lipinski definition) is 6. The van der Waals surface area contributed by atoms with Gasteiger partial charge in [0, 0.05) is 19.3 Å². The van der Waals surface area contributed by atoms with Crippen LogP contribution in [0.1, 0.15) is 22.2 Å². The maximum Gasteiger partial charge on any atom is 0.453 e. The fourth-order valence-corrected chi connectivity index (χ4v) is 2.60. The van der Waals surface area contributed by atoms with Gasteiger partial charge < -0.3 is 10.6 Å². The standard InChI is InChI=1S/C13H11F3N8O/c14-13(15,16)12-20-19-9-1-2-10(21-24(9)12)22-5-8(6-22)23-4-7(3-18-23)11(17)25/h1-4,8H,5-6H2,(H2,17,25). The molecular weight excluding hydrogens is 341 g/mol. The molecule has 1 saturated heterocycles. The van der Waals surface area contributed by atoms with Crippen molar-refractivity contribution in [3.05, 3.63) is 35.9 Å². The van der Waals surface area contributed by atoms with Crippen molar-refractivity contribution >= 4 is 17.4 Å². The Morgan fingerprint density at radius 1 is 1.24 bits per heavy atom. The summed E-state index contributed by atoms with van der Waals surface area (Å²) in [6, 6.07) is 2.99. The largest absolute Gasteiger partial charge is 0.453 e. The molecule has 3 aromatic rings. The second-order valence-electron chi connectivity index (χ2n) is 5.61. The lowest BCUT2D eigenvalue weighted by atomic mass is 10.1. The van der Waals surface area contributed by atoms with Crippen LogP contribution in [0.2, 0.25) is 0 Å². The first-order valence-corrected chi connectivity index (χ1v) is 7.21. The lowest BCUT2D eigenvalue weighted by Crippen LogP contribution is -2.48. The van der Waals surface area contributed by atoms with Crippen molar-refractivity contribution in [1.82, 2.24) is 29.6 Å². The van der Waals surface area contributed by atoms with Gasteiger partial charge in [-0.2, -0.15) is 22.8 Å². The zero-order chi connectivity index (χ0) is 17.8. The quantitative estimate of drug-likeness (QED) is 0.736. The molecule has 1 amide bonds. The molecule has 1 aliphatic rings. The van der Waals surface area contributed by atoms with Gasteiger partial charge in [-0.3, -0.25) is 9.48 Å². The Hall–Kier alpha value is -3.18. The highest BCUT2D eigenvalue weighted by Crippen LogP contribution is 2.30. The summed E-state index contributed by atoms with van der Waals surface area (Å²) in [7, 11) is 0. The third-order valence-electron chi connectivity index (χ3n) is 3.95. The predicted molar refractivity (Wildman–Crippen MR) is 77.8 cm³/mol. The van der Waals surface area contributed by atoms with Crippen molar-refractivity contribution in [3.63, 3.8) is 0 Å². The highest BCUT2D eigenvalue weighted by Gasteiger charge is 2.38. The zero-order valence-electron chi connectivity index (χ0n) is 12.6. The van der Waals surface area contributed by atoms with Gasteiger partial charge in [-0.05, 0) is 12.1 Å². The number of carbonyl (C=O) groups is 1. The van der Waals surface area contributed by atoms with Crippen LogP contribution in [0.4, 0.5) is 19.0 Å². The Balaban J connectivity index is 1.54. The van der Waals surface area contributed by atoms with Gasteiger partial charge in [-0.15, -0.1) is 15.3 Å². The third kappa shape index (κ3) is 2.55. The van der Waals surface area contributed by atoms with Crippen LogP contribution in [0.15, 0.2) is 24.5 Å². The van der Waals surface area contributed by atoms with E-state index in [4.69, 9.17) is 5.73 Å². The molecule has 0 aromatic carbocycles. The predicted octanol–water partition coefficient (Wildman–Crippen LogP) is 0.500. The molecule has 0 bridgehead atoms. The van der Waals surface area contributed by atoms with E-state index in [0.29, 0.717) is 29.0 Å². The lowest BCUT2D eigenvalue weighted by molar-refractivity contribution is -0.146. The van der Waals surface area contributed by atoms with Crippen molar-refractivity contribution in [2.75, 3.05) is 18.0 Å². The molecule has 9 nitrogen and oxygen atoms in total. The smallest absolute Gasteiger partial charge is 0.366 e. The maximum atomic E-state index is 12.9. The minimum atomic E-state index is -4.64. The van der Waals surface area contributed by atoms with Gasteiger partial charge in [-0.25, -0.2) is 0 Å². The molecule has 0 saturated carbocycles. The molecule has 1 aliphatic heterocycles. The summed E-state index contributed by atoms with van der Waals surface area (Å²) in [6.07, 6.45) is -1.71. The first kappa shape index (κ1) is 15.4. The minimum Gasteiger partial charge on any atom is -0.366 e. The van der Waals surface area contributed by atoms with Crippen molar-refractivity contribution in [3.8, 4) is 0 Å². The van der Waals surface area contributed by atoms with E-state index in [1.165, 1.54) is 12.3 Å². The number of carbonyl (C=O) groups excluding carboxylic acids is 1. The van der Waals surface area contributed by atoms with Gasteiger partial charge in [0.2, 0.25) is 0 Å². The minimum absolute atomic E-state index is 0.0197. The Morgan fingerprint density at radius 2 is 2.00 bits per heavy atom. The van der Waals surface area contributed by atoms with E-state index in [9.17, 15) is 18.0 Å². The number of aromatic nitrogens is 6. The number of fused-ring (bicyclic) bond motifs is 1. The van der Waals surface area contributed by atoms with E-state index >= 15 is 0 Å². The van der Waals surface area contributed by atoms with Gasteiger partial charge >= 0.3 is 6.18 Å². The number of primary amides is 1. The van der Waals surface area contributed by atoms with Crippen LogP contribution in [0, 0.1) is 0 Å². The molecule has 0 aliphatic carbocycles. The van der Waals surface area contributed by atoms with Gasteiger partial charge in [0.25, 0.3) is 11.7 Å². The van der Waals surface area contributed by atoms with Gasteiger partial charge in [-0.1, -0.05) is 0 Å². The van der Waals surface area contributed by atoms with Gasteiger partial charge in [0.15, 0.2) is 5.65 Å². The summed E-state index contributed by atoms with van der Waals surface area (Å²) in [4.78, 5) is 12.9. The van der Waals surface area contributed by atoms with Crippen molar-refractivity contribution in [2.45, 2.75) is 12.2 Å². The molecule has 3 aromatic heterocycles. The Kier molecular flexibility index (Phi) is 3.17. The van der Waals surface area contributed by atoms with Crippen molar-refractivity contribution in [2.24, 2.45) is 5.73 Å². The number of amides is 1. The van der Waals surface area contributed by atoms with Gasteiger partial charge in [0.05, 0.1) is 17.8 Å². The van der Waals surface area contributed by atoms with Crippen LogP contribution < -0.4 is 10.6 Å². The van der Waals surface area contributed by atoms with Crippen LogP contribution in [0.3, 0.4) is 0 Å². The van der Waals surface area contributed by atoms with Crippen LogP contribution in [-0.4, -0.2) is 48.6 Å². The van der Waals surface area contributed by atoms with Crippen LogP contribution in [0.25, 0.3) is 5.65 Å². The monoisotopic (exact) mass is 352 g/mol. The SMILES string of the molecule is NC(=O)c1cnn(C2CN(c3ccc4nnc(C(F)(F)F)n4n3)C2)c1. The van der Waals surface area contributed by atoms with E-state index in [-0.39, 0.29) is 11.7 Å². The molecule has 2 N–H and O–H groups in total. The first-order chi connectivity index (χ1) is 11.8. The molecule has 0 spiro atoms. The number of alkyl halides is 3. The fourth-order valence-electron chi connectivity index (χ4n) is 2.60. The highest BCUT2D eigenvalue weighted by atomic mass is 19.4. The van der Waals surface area contributed by atoms with Gasteiger partial charge in [0.1, 0.15) is 5.82 Å². The number of nitrogens with two attached hydrogens (primary N) is 1. The zero-order valence-corrected chi connectivity index (χ0v) is 12.6. The van der Waals surface area contributed by atoms with E-state index in [2.05, 4.69) is 20.4 Å². The molecule has 0 atom stereocenters. The van der Waals surface area contributed by atoms with E-state index in [1.54, 1.807) is 21.8 Å². The second-order valence-corrected chi connectivity index (χ2v) is 5.61. The van der Waals surface area contributed by atoms with E-state index in [0.717, 1.165) is 0 Å². The molecule has 0 unspecified atom stereocenters. The fraction of sp³-hybridized carbons (Fsp3) is 0.308. The number of hydrogen-bond donors (Lipinski definition) is 1. The van der Waals surface area contributed by atoms with Crippen LogP contribution in [0.5, 0.6) is 0 Å². The Labute approximate surface area is 137 Å². The topological polar surface area (TPSA) is 107 Å². The molecule has 130 valence electrons. The lowest BCUT2D eigenvalue weighted by Gasteiger charge is -2.39. The molecule has 4 rings (SSSR count). The molecule has 0 radical (unpaired) electrons. The Morgan fingerprint density at radius 3 is 2.64 bits per heavy atom. The summed E-state index contributed by atoms with van der Waals surface area (Å²) < 4.78 is 41.0. The first-order valence-electron chi connectivity index (χ1n) is 7.21. The number of nitrogens with zero attached hydrogens (tertiary/aromatic N) is 7. The summed E-state index contributed by atoms with van der Waals surface area (Å²) >= 11 is 0. The van der Waals surface area contributed by atoms with E-state index in [1.807, 2.05) is 0 Å². The summed E-state index contributed by atoms with van der Waals surface area (Å²) in [5, 5.41) is 14.7. The summed E-state index contributed by atoms with van der Waals surface area (Å²) in [5.41, 5.74) is 5.50. The van der Waals surface area contributed by atoms with Crippen molar-refractivity contribution < 1.29 is 18.0 Å². The molecular formula is C13H11F3N8O. The maximum absolute atomic E-state index is 12.9. The number of rotatable bonds is 3. The average Bonchev–Trinajstić information content (AvgIpc) is 3.11. The third-order valence-corrected chi connectivity index (χ3v) is 3.95. The molecule has 25 heavy (non-hydrogen) atoms. The average molecular weight is 352 g/mol. The number of anilines is 1. The van der Waals surface area contributed by atoms with Crippen molar-refractivity contribution in [1.29, 1.82) is 0 Å². The summed E-state index contributed by atoms with van der Waals surface area (Å²) in [5.74, 6) is -1.36. The summed E-state index contributed by atoms with van der Waals surface area (Å²) in [6.45, 7) is 0.976. The van der Waals surface area contributed by atoms with Crippen LogP contribution in [-0.2, 0) is 6.18 Å². The molecule has 12 heteroatoms.